The highest BCUT2D eigenvalue weighted by Gasteiger charge is 2.21. The Labute approximate surface area is 209 Å². The molecule has 0 atom stereocenters. The summed E-state index contributed by atoms with van der Waals surface area (Å²) in [7, 11) is 0. The van der Waals surface area contributed by atoms with Crippen LogP contribution in [0.1, 0.15) is 16.7 Å². The van der Waals surface area contributed by atoms with Crippen molar-refractivity contribution >= 4 is 23.5 Å². The van der Waals surface area contributed by atoms with E-state index in [9.17, 15) is 29.6 Å². The van der Waals surface area contributed by atoms with Crippen molar-refractivity contribution in [3.8, 4) is 17.1 Å². The molecular weight excluding hydrogens is 480 g/mol. The molecule has 0 saturated carbocycles. The molecule has 1 heterocycles. The molecule has 0 fully saturated rings. The van der Waals surface area contributed by atoms with Gasteiger partial charge in [-0.25, -0.2) is 28.1 Å². The van der Waals surface area contributed by atoms with E-state index in [1.54, 1.807) is 39.0 Å². The molecule has 0 aliphatic rings. The minimum Gasteiger partial charge on any atom is -0.328 e. The van der Waals surface area contributed by atoms with Crippen LogP contribution in [0.3, 0.4) is 0 Å². The van der Waals surface area contributed by atoms with E-state index in [2.05, 4.69) is 5.32 Å². The number of aromatic nitrogens is 3. The first kappa shape index (κ1) is 25.2. The summed E-state index contributed by atoms with van der Waals surface area (Å²) in [6, 6.07) is 13.5. The van der Waals surface area contributed by atoms with Crippen LogP contribution in [0.4, 0.5) is 17.1 Å². The molecule has 0 unspecified atom stereocenters. The Morgan fingerprint density at radius 1 is 0.595 bits per heavy atom. The molecule has 37 heavy (non-hydrogen) atoms. The standard InChI is InChI=1S/C25H24N6O6/c1-14-4-7-17(10-20(14)26-13-32)29-23(33)30(18-8-5-15(2)21(11-18)27-36)25(35)31(24(29)34)19-9-6-16(3)22(12-19)28-37/h4-13,27-28,36-37H,1-3H3,(H,26,32). The fourth-order valence-electron chi connectivity index (χ4n) is 3.92. The quantitative estimate of drug-likeness (QED) is 0.189. The lowest BCUT2D eigenvalue weighted by molar-refractivity contribution is -0.105. The number of nitrogens with one attached hydrogen (secondary N) is 3. The van der Waals surface area contributed by atoms with Crippen LogP contribution in [-0.2, 0) is 4.79 Å². The van der Waals surface area contributed by atoms with E-state index in [-0.39, 0.29) is 28.4 Å². The Morgan fingerprint density at radius 3 is 1.24 bits per heavy atom. The van der Waals surface area contributed by atoms with Crippen molar-refractivity contribution in [2.45, 2.75) is 20.8 Å². The summed E-state index contributed by atoms with van der Waals surface area (Å²) in [6.07, 6.45) is 0.472. The third kappa shape index (κ3) is 4.42. The lowest BCUT2D eigenvalue weighted by Crippen LogP contribution is -2.52. The normalized spacial score (nSPS) is 10.7. The lowest BCUT2D eigenvalue weighted by atomic mass is 10.1. The first-order chi connectivity index (χ1) is 17.7. The van der Waals surface area contributed by atoms with Gasteiger partial charge in [0.2, 0.25) is 6.41 Å². The molecule has 0 radical (unpaired) electrons. The highest BCUT2D eigenvalue weighted by molar-refractivity contribution is 5.74. The van der Waals surface area contributed by atoms with Gasteiger partial charge in [0.05, 0.1) is 28.4 Å². The maximum absolute atomic E-state index is 13.7. The smallest absolute Gasteiger partial charge is 0.328 e. The van der Waals surface area contributed by atoms with Crippen LogP contribution in [-0.4, -0.2) is 30.5 Å². The Bertz CT molecular complexity index is 1610. The summed E-state index contributed by atoms with van der Waals surface area (Å²) in [5, 5.41) is 21.5. The highest BCUT2D eigenvalue weighted by atomic mass is 16.5. The van der Waals surface area contributed by atoms with E-state index < -0.39 is 17.1 Å². The molecular formula is C25H24N6O6. The zero-order valence-corrected chi connectivity index (χ0v) is 20.1. The third-order valence-electron chi connectivity index (χ3n) is 6.04. The van der Waals surface area contributed by atoms with E-state index in [0.717, 1.165) is 13.7 Å². The highest BCUT2D eigenvalue weighted by Crippen LogP contribution is 2.21. The predicted molar refractivity (Wildman–Crippen MR) is 138 cm³/mol. The second-order valence-electron chi connectivity index (χ2n) is 8.34. The zero-order valence-electron chi connectivity index (χ0n) is 20.1. The Balaban J connectivity index is 2.15. The van der Waals surface area contributed by atoms with Gasteiger partial charge in [-0.1, -0.05) is 18.2 Å². The molecule has 0 aliphatic heterocycles. The molecule has 4 aromatic rings. The van der Waals surface area contributed by atoms with Gasteiger partial charge in [0.1, 0.15) is 0 Å². The van der Waals surface area contributed by atoms with E-state index >= 15 is 0 Å². The molecule has 0 spiro atoms. The average molecular weight is 505 g/mol. The number of nitrogens with zero attached hydrogens (tertiary/aromatic N) is 3. The number of amides is 1. The second-order valence-corrected chi connectivity index (χ2v) is 8.34. The molecule has 12 heteroatoms. The molecule has 4 rings (SSSR count). The maximum Gasteiger partial charge on any atom is 0.345 e. The number of hydrogen-bond acceptors (Lipinski definition) is 8. The van der Waals surface area contributed by atoms with Crippen LogP contribution in [0.25, 0.3) is 17.1 Å². The van der Waals surface area contributed by atoms with Crippen LogP contribution in [0.15, 0.2) is 69.0 Å². The molecule has 3 aromatic carbocycles. The van der Waals surface area contributed by atoms with Crippen molar-refractivity contribution in [3.63, 3.8) is 0 Å². The number of rotatable bonds is 7. The second kappa shape index (κ2) is 9.97. The van der Waals surface area contributed by atoms with Crippen molar-refractivity contribution < 1.29 is 15.2 Å². The average Bonchev–Trinajstić information content (AvgIpc) is 2.87. The predicted octanol–water partition coefficient (Wildman–Crippen LogP) is 2.24. The van der Waals surface area contributed by atoms with Gasteiger partial charge in [-0.05, 0) is 73.9 Å². The summed E-state index contributed by atoms with van der Waals surface area (Å²) in [4.78, 5) is 52.1. The topological polar surface area (TPSA) is 160 Å². The number of hydrogen-bond donors (Lipinski definition) is 5. The van der Waals surface area contributed by atoms with Gasteiger partial charge in [0.15, 0.2) is 0 Å². The third-order valence-corrected chi connectivity index (χ3v) is 6.04. The van der Waals surface area contributed by atoms with Crippen LogP contribution in [0.2, 0.25) is 0 Å². The number of aryl methyl sites for hydroxylation is 3. The fourth-order valence-corrected chi connectivity index (χ4v) is 3.92. The minimum absolute atomic E-state index is 0.0885. The molecule has 0 bridgehead atoms. The summed E-state index contributed by atoms with van der Waals surface area (Å²) < 4.78 is 2.38. The Morgan fingerprint density at radius 2 is 0.919 bits per heavy atom. The van der Waals surface area contributed by atoms with Crippen LogP contribution >= 0.6 is 0 Å². The molecule has 0 saturated heterocycles. The maximum atomic E-state index is 13.7. The van der Waals surface area contributed by atoms with Crippen LogP contribution in [0.5, 0.6) is 0 Å². The first-order valence-electron chi connectivity index (χ1n) is 11.1. The minimum atomic E-state index is -0.968. The fraction of sp³-hybridized carbons (Fsp3) is 0.120. The number of carbonyl (C=O) groups excluding carboxylic acids is 1. The monoisotopic (exact) mass is 504 g/mol. The van der Waals surface area contributed by atoms with Crippen LogP contribution < -0.4 is 33.3 Å². The van der Waals surface area contributed by atoms with Gasteiger partial charge in [-0.15, -0.1) is 0 Å². The van der Waals surface area contributed by atoms with E-state index in [1.807, 2.05) is 11.0 Å². The van der Waals surface area contributed by atoms with Gasteiger partial charge in [-0.3, -0.25) is 26.2 Å². The van der Waals surface area contributed by atoms with Gasteiger partial charge >= 0.3 is 17.1 Å². The molecule has 0 aliphatic carbocycles. The van der Waals surface area contributed by atoms with Gasteiger partial charge < -0.3 is 5.32 Å². The molecule has 1 aromatic heterocycles. The largest absolute Gasteiger partial charge is 0.345 e. The van der Waals surface area contributed by atoms with Gasteiger partial charge in [0, 0.05) is 5.69 Å². The van der Waals surface area contributed by atoms with Crippen molar-refractivity contribution in [2.24, 2.45) is 0 Å². The van der Waals surface area contributed by atoms with E-state index in [1.165, 1.54) is 36.4 Å². The number of carbonyl (C=O) groups is 1. The van der Waals surface area contributed by atoms with Crippen molar-refractivity contribution in [3.05, 3.63) is 103 Å². The first-order valence-corrected chi connectivity index (χ1v) is 11.1. The molecule has 5 N–H and O–H groups in total. The van der Waals surface area contributed by atoms with E-state index in [4.69, 9.17) is 0 Å². The van der Waals surface area contributed by atoms with Crippen molar-refractivity contribution in [1.82, 2.24) is 13.7 Å². The van der Waals surface area contributed by atoms with E-state index in [0.29, 0.717) is 28.8 Å². The Hall–Kier alpha value is -4.94. The summed E-state index contributed by atoms with van der Waals surface area (Å²) in [5.41, 5.74) is 4.29. The number of anilines is 3. The Kier molecular flexibility index (Phi) is 6.78. The SMILES string of the molecule is Cc1ccc(-n2c(=O)n(-c3ccc(C)c(NO)c3)c(=O)n(-c3ccc(C)c(NC=O)c3)c2=O)cc1NO. The van der Waals surface area contributed by atoms with Crippen molar-refractivity contribution in [2.75, 3.05) is 16.3 Å². The molecule has 190 valence electrons. The number of benzene rings is 3. The van der Waals surface area contributed by atoms with Gasteiger partial charge in [0.25, 0.3) is 0 Å². The molecule has 12 nitrogen and oxygen atoms in total. The summed E-state index contributed by atoms with van der Waals surface area (Å²) in [5.74, 6) is 0. The zero-order chi connectivity index (χ0) is 26.9. The van der Waals surface area contributed by atoms with Gasteiger partial charge in [-0.2, -0.15) is 0 Å². The van der Waals surface area contributed by atoms with Crippen molar-refractivity contribution in [1.29, 1.82) is 0 Å². The summed E-state index contributed by atoms with van der Waals surface area (Å²) in [6.45, 7) is 5.17. The summed E-state index contributed by atoms with van der Waals surface area (Å²) >= 11 is 0. The lowest BCUT2D eigenvalue weighted by Gasteiger charge is -2.17. The molecule has 1 amide bonds. The van der Waals surface area contributed by atoms with Crippen LogP contribution in [0, 0.1) is 20.8 Å².